The molecule has 11 heteroatoms. The topological polar surface area (TPSA) is 188 Å². The van der Waals surface area contributed by atoms with Gasteiger partial charge in [-0.25, -0.2) is 0 Å². The van der Waals surface area contributed by atoms with Gasteiger partial charge in [0.1, 0.15) is 12.1 Å². The maximum Gasteiger partial charge on any atom is 0.243 e. The van der Waals surface area contributed by atoms with Crippen LogP contribution in [-0.2, 0) is 27.2 Å². The van der Waals surface area contributed by atoms with Gasteiger partial charge >= 0.3 is 0 Å². The number of rotatable bonds is 12. The van der Waals surface area contributed by atoms with E-state index in [2.05, 4.69) is 16.0 Å². The maximum absolute atomic E-state index is 13.0. The van der Waals surface area contributed by atoms with Gasteiger partial charge in [0.15, 0.2) is 28.8 Å². The van der Waals surface area contributed by atoms with Crippen LogP contribution in [-0.4, -0.2) is 73.4 Å². The van der Waals surface area contributed by atoms with Gasteiger partial charge in [0.25, 0.3) is 0 Å². The Balaban J connectivity index is 0.000000702. The number of carbonyl (C=O) groups excluding carboxylic acids is 3. The van der Waals surface area contributed by atoms with Gasteiger partial charge in [0, 0.05) is 18.4 Å². The summed E-state index contributed by atoms with van der Waals surface area (Å²) in [6, 6.07) is 6.22. The highest BCUT2D eigenvalue weighted by molar-refractivity contribution is 5.94. The van der Waals surface area contributed by atoms with E-state index < -0.39 is 42.0 Å². The quantitative estimate of drug-likeness (QED) is 0.176. The van der Waals surface area contributed by atoms with E-state index in [0.29, 0.717) is 5.56 Å². The smallest absolute Gasteiger partial charge is 0.243 e. The van der Waals surface area contributed by atoms with Gasteiger partial charge < -0.3 is 41.5 Å². The summed E-state index contributed by atoms with van der Waals surface area (Å²) in [5, 5.41) is 55.4. The molecule has 2 aromatic carbocycles. The fourth-order valence-corrected chi connectivity index (χ4v) is 3.84. The number of Topliss-reactive ketones (excluding diaryl/α,β-unsaturated/α-hetero) is 1. The van der Waals surface area contributed by atoms with Crippen molar-refractivity contribution in [3.05, 3.63) is 47.5 Å². The monoisotopic (exact) mass is 575 g/mol. The van der Waals surface area contributed by atoms with Crippen LogP contribution in [0.4, 0.5) is 0 Å². The van der Waals surface area contributed by atoms with Gasteiger partial charge in [-0.3, -0.25) is 14.4 Å². The fraction of sp³-hybridized carbons (Fsp3) is 0.500. The van der Waals surface area contributed by atoms with Crippen LogP contribution in [0, 0.1) is 5.92 Å². The lowest BCUT2D eigenvalue weighted by molar-refractivity contribution is -0.134. The summed E-state index contributed by atoms with van der Waals surface area (Å²) in [5.74, 6) is -2.55. The predicted molar refractivity (Wildman–Crippen MR) is 156 cm³/mol. The molecular formula is C30H45N3O8. The van der Waals surface area contributed by atoms with Crippen molar-refractivity contribution >= 4 is 17.6 Å². The number of aliphatic hydroxyl groups is 1. The lowest BCUT2D eigenvalue weighted by Crippen LogP contribution is -2.58. The Labute approximate surface area is 241 Å². The summed E-state index contributed by atoms with van der Waals surface area (Å²) in [6.07, 6.45) is -0.245. The molecule has 0 radical (unpaired) electrons. The summed E-state index contributed by atoms with van der Waals surface area (Å²) in [4.78, 5) is 38.0. The highest BCUT2D eigenvalue weighted by Crippen LogP contribution is 2.26. The fourth-order valence-electron chi connectivity index (χ4n) is 3.84. The van der Waals surface area contributed by atoms with E-state index >= 15 is 0 Å². The van der Waals surface area contributed by atoms with Gasteiger partial charge in [-0.15, -0.1) is 0 Å². The minimum Gasteiger partial charge on any atom is -0.504 e. The highest BCUT2D eigenvalue weighted by atomic mass is 16.3. The van der Waals surface area contributed by atoms with Crippen LogP contribution >= 0.6 is 0 Å². The largest absolute Gasteiger partial charge is 0.504 e. The van der Waals surface area contributed by atoms with E-state index in [4.69, 9.17) is 10.2 Å². The van der Waals surface area contributed by atoms with Crippen molar-refractivity contribution in [1.82, 2.24) is 16.0 Å². The van der Waals surface area contributed by atoms with Crippen LogP contribution < -0.4 is 16.0 Å². The summed E-state index contributed by atoms with van der Waals surface area (Å²) in [7, 11) is 0. The molecule has 0 bridgehead atoms. The van der Waals surface area contributed by atoms with Crippen molar-refractivity contribution in [2.24, 2.45) is 5.92 Å². The molecule has 2 rings (SSSR count). The number of ketones is 1. The number of hydrogen-bond donors (Lipinski definition) is 8. The number of phenolic OH excluding ortho intramolecular Hbond substituents is 4. The third-order valence-electron chi connectivity index (χ3n) is 6.19. The van der Waals surface area contributed by atoms with Crippen molar-refractivity contribution in [3.8, 4) is 23.0 Å². The minimum absolute atomic E-state index is 0.00219. The summed E-state index contributed by atoms with van der Waals surface area (Å²) in [6.45, 7) is 12.2. The van der Waals surface area contributed by atoms with E-state index in [9.17, 15) is 29.7 Å². The van der Waals surface area contributed by atoms with Gasteiger partial charge in [-0.05, 0) is 55.7 Å². The molecule has 0 aliphatic rings. The number of phenols is 4. The number of aryl methyl sites for hydroxylation is 1. The minimum atomic E-state index is -1.12. The first-order chi connectivity index (χ1) is 19.1. The molecule has 0 saturated heterocycles. The predicted octanol–water partition coefficient (Wildman–Crippen LogP) is 2.26. The molecular weight excluding hydrogens is 530 g/mol. The Kier molecular flexibility index (Phi) is 14.1. The molecule has 11 nitrogen and oxygen atoms in total. The zero-order valence-corrected chi connectivity index (χ0v) is 24.8. The third-order valence-corrected chi connectivity index (χ3v) is 6.19. The maximum atomic E-state index is 13.0. The van der Waals surface area contributed by atoms with Crippen molar-refractivity contribution in [3.63, 3.8) is 0 Å². The molecule has 8 N–H and O–H groups in total. The van der Waals surface area contributed by atoms with Crippen LogP contribution in [0.1, 0.15) is 59.6 Å². The summed E-state index contributed by atoms with van der Waals surface area (Å²) in [5.41, 5.74) is 1.51. The molecule has 4 atom stereocenters. The van der Waals surface area contributed by atoms with Crippen LogP contribution in [0.3, 0.4) is 0 Å². The molecule has 0 aromatic heterocycles. The SMILES string of the molecule is CC(C)N[C@@H](C)C(=O)N[C@@H](Cc1ccc(O)c(O)c1)C(=O)N[C@H](C(=O)C(C)C)C(C)O.CCc1ccc(O)c(O)c1. The van der Waals surface area contributed by atoms with E-state index in [1.54, 1.807) is 32.9 Å². The van der Waals surface area contributed by atoms with Crippen molar-refractivity contribution in [1.29, 1.82) is 0 Å². The average Bonchev–Trinajstić information content (AvgIpc) is 2.89. The van der Waals surface area contributed by atoms with Crippen LogP contribution in [0.2, 0.25) is 0 Å². The number of aromatic hydroxyl groups is 4. The molecule has 0 aliphatic carbocycles. The number of amides is 2. The van der Waals surface area contributed by atoms with Crippen molar-refractivity contribution < 1.29 is 39.9 Å². The van der Waals surface area contributed by atoms with Gasteiger partial charge in [0.2, 0.25) is 11.8 Å². The highest BCUT2D eigenvalue weighted by Gasteiger charge is 2.31. The second kappa shape index (κ2) is 16.4. The number of hydrogen-bond acceptors (Lipinski definition) is 9. The molecule has 41 heavy (non-hydrogen) atoms. The second-order valence-corrected chi connectivity index (χ2v) is 10.6. The average molecular weight is 576 g/mol. The molecule has 0 fully saturated rings. The number of nitrogens with one attached hydrogen (secondary N) is 3. The normalized spacial score (nSPS) is 13.9. The van der Waals surface area contributed by atoms with Gasteiger partial charge in [0.05, 0.1) is 12.1 Å². The lowest BCUT2D eigenvalue weighted by Gasteiger charge is -2.27. The van der Waals surface area contributed by atoms with Crippen LogP contribution in [0.25, 0.3) is 0 Å². The first-order valence-corrected chi connectivity index (χ1v) is 13.7. The summed E-state index contributed by atoms with van der Waals surface area (Å²) >= 11 is 0. The molecule has 228 valence electrons. The first-order valence-electron chi connectivity index (χ1n) is 13.7. The number of aliphatic hydroxyl groups excluding tert-OH is 1. The Bertz CT molecular complexity index is 1170. The first kappa shape index (κ1) is 35.2. The Morgan fingerprint density at radius 2 is 1.24 bits per heavy atom. The van der Waals surface area contributed by atoms with Crippen LogP contribution in [0.15, 0.2) is 36.4 Å². The Morgan fingerprint density at radius 1 is 0.732 bits per heavy atom. The van der Waals surface area contributed by atoms with Gasteiger partial charge in [-0.1, -0.05) is 46.8 Å². The second-order valence-electron chi connectivity index (χ2n) is 10.6. The molecule has 0 spiro atoms. The molecule has 2 amide bonds. The van der Waals surface area contributed by atoms with E-state index in [1.807, 2.05) is 20.8 Å². The zero-order chi connectivity index (χ0) is 31.4. The third kappa shape index (κ3) is 11.7. The molecule has 2 aromatic rings. The Hall–Kier alpha value is -3.83. The molecule has 1 unspecified atom stereocenters. The van der Waals surface area contributed by atoms with E-state index in [0.717, 1.165) is 12.0 Å². The standard InChI is InChI=1S/C22H35N3O6.C8H10O2/c1-11(2)20(29)19(14(6)26)25-22(31)16(24-21(30)13(5)23-12(3)4)9-15-7-8-17(27)18(28)10-15;1-2-6-3-4-7(9)8(10)5-6/h7-8,10-14,16,19,23,26-28H,9H2,1-6H3,(H,24,30)(H,25,31);3-5,9-10H,2H2,1H3/t13-,14?,16-,19-;/m0./s1. The summed E-state index contributed by atoms with van der Waals surface area (Å²) < 4.78 is 0. The Morgan fingerprint density at radius 3 is 1.68 bits per heavy atom. The number of carbonyl (C=O) groups is 3. The molecule has 0 saturated carbocycles. The number of benzene rings is 2. The van der Waals surface area contributed by atoms with E-state index in [-0.39, 0.29) is 41.2 Å². The van der Waals surface area contributed by atoms with Crippen LogP contribution in [0.5, 0.6) is 23.0 Å². The van der Waals surface area contributed by atoms with Crippen molar-refractivity contribution in [2.75, 3.05) is 0 Å². The molecule has 0 aliphatic heterocycles. The zero-order valence-electron chi connectivity index (χ0n) is 24.8. The van der Waals surface area contributed by atoms with Crippen molar-refractivity contribution in [2.45, 2.75) is 91.6 Å². The molecule has 0 heterocycles. The van der Waals surface area contributed by atoms with Gasteiger partial charge in [-0.2, -0.15) is 0 Å². The van der Waals surface area contributed by atoms with E-state index in [1.165, 1.54) is 31.2 Å². The lowest BCUT2D eigenvalue weighted by atomic mass is 9.97.